The molecule has 1 aliphatic rings. The molecule has 0 atom stereocenters. The summed E-state index contributed by atoms with van der Waals surface area (Å²) in [5, 5.41) is 2.00. The molecule has 0 aliphatic carbocycles. The number of carbonyl (C=O) groups excluding carboxylic acids is 1. The topological polar surface area (TPSA) is 83.1 Å². The summed E-state index contributed by atoms with van der Waals surface area (Å²) in [6.07, 6.45) is 0. The number of nitrogens with one attached hydrogen (secondary N) is 1. The van der Waals surface area contributed by atoms with E-state index in [1.165, 1.54) is 0 Å². The number of amides is 1. The van der Waals surface area contributed by atoms with Gasteiger partial charge in [-0.1, -0.05) is 12.1 Å². The number of para-hydroxylation sites is 1. The number of nitrogens with two attached hydrogens (primary N) is 1. The van der Waals surface area contributed by atoms with E-state index in [-0.39, 0.29) is 0 Å². The lowest BCUT2D eigenvalue weighted by Crippen LogP contribution is -2.74. The van der Waals surface area contributed by atoms with E-state index in [4.69, 9.17) is 0 Å². The van der Waals surface area contributed by atoms with E-state index in [0.29, 0.717) is 11.3 Å². The number of anilines is 1. The zero-order chi connectivity index (χ0) is 14.6. The molecule has 106 valence electrons. The van der Waals surface area contributed by atoms with Gasteiger partial charge in [0.05, 0.1) is 25.3 Å². The highest BCUT2D eigenvalue weighted by atomic mass is 32.2. The Hall–Kier alpha value is -1.60. The number of carbonyl (C=O) groups is 1. The van der Waals surface area contributed by atoms with E-state index in [9.17, 15) is 13.2 Å². The highest BCUT2D eigenvalue weighted by molar-refractivity contribution is 7.91. The lowest BCUT2D eigenvalue weighted by atomic mass is 10.1. The van der Waals surface area contributed by atoms with Gasteiger partial charge < -0.3 is 5.32 Å². The van der Waals surface area contributed by atoms with Crippen LogP contribution in [-0.4, -0.2) is 38.8 Å². The first-order valence-corrected chi connectivity index (χ1v) is 7.48. The predicted molar refractivity (Wildman–Crippen MR) is 74.1 cm³/mol. The van der Waals surface area contributed by atoms with Gasteiger partial charge in [-0.25, -0.2) is 4.31 Å². The van der Waals surface area contributed by atoms with Gasteiger partial charge in [-0.3, -0.25) is 9.52 Å². The van der Waals surface area contributed by atoms with E-state index >= 15 is 0 Å². The monoisotopic (exact) mass is 286 g/mol. The molecule has 19 heavy (non-hydrogen) atoms. The third-order valence-electron chi connectivity index (χ3n) is 2.32. The van der Waals surface area contributed by atoms with Gasteiger partial charge in [-0.2, -0.15) is 8.42 Å². The van der Waals surface area contributed by atoms with Crippen molar-refractivity contribution in [1.82, 2.24) is 4.31 Å². The summed E-state index contributed by atoms with van der Waals surface area (Å²) in [6.45, 7) is 3.32. The minimum Gasteiger partial charge on any atom is -0.351 e. The Morgan fingerprint density at radius 2 is 1.74 bits per heavy atom. The maximum Gasteiger partial charge on any atom is 0.326 e. The van der Waals surface area contributed by atoms with Crippen molar-refractivity contribution in [1.29, 1.82) is 0 Å². The van der Waals surface area contributed by atoms with Gasteiger partial charge in [-0.15, -0.1) is 0 Å². The third-order valence-corrected chi connectivity index (χ3v) is 3.91. The summed E-state index contributed by atoms with van der Waals surface area (Å²) < 4.78 is 26.8. The number of hydrogen-bond acceptors (Lipinski definition) is 3. The summed E-state index contributed by atoms with van der Waals surface area (Å²) in [6, 6.07) is 6.16. The van der Waals surface area contributed by atoms with E-state index < -0.39 is 22.2 Å². The Kier molecular flexibility index (Phi) is 4.90. The lowest BCUT2D eigenvalue weighted by Gasteiger charge is -2.31. The molecule has 7 heteroatoms. The van der Waals surface area contributed by atoms with Crippen molar-refractivity contribution in [3.8, 4) is 0 Å². The van der Waals surface area contributed by atoms with E-state index in [2.05, 4.69) is 4.72 Å². The van der Waals surface area contributed by atoms with Crippen molar-refractivity contribution in [2.24, 2.45) is 0 Å². The first-order chi connectivity index (χ1) is 8.85. The standard InChI is InChI=1S/C10H12N2O3S.C2H7N/c1-7(2)12-10(13)8-5-3-4-6-9(8)11-16(12,14)15;1-3-2/h3-7,11H,1-2H3;3H,1-2H3/p+1. The molecule has 1 aromatic carbocycles. The fourth-order valence-electron chi connectivity index (χ4n) is 1.69. The van der Waals surface area contributed by atoms with Gasteiger partial charge >= 0.3 is 10.2 Å². The van der Waals surface area contributed by atoms with Crippen LogP contribution in [0, 0.1) is 0 Å². The van der Waals surface area contributed by atoms with Crippen molar-refractivity contribution in [3.05, 3.63) is 29.8 Å². The zero-order valence-corrected chi connectivity index (χ0v) is 12.4. The SMILES string of the molecule is CC(C)N1C(=O)c2ccccc2NS1(=O)=O.C[NH2+]C. The van der Waals surface area contributed by atoms with E-state index in [0.717, 1.165) is 4.31 Å². The fraction of sp³-hybridized carbons (Fsp3) is 0.417. The smallest absolute Gasteiger partial charge is 0.326 e. The molecule has 1 aliphatic heterocycles. The van der Waals surface area contributed by atoms with Crippen LogP contribution >= 0.6 is 0 Å². The van der Waals surface area contributed by atoms with Crippen molar-refractivity contribution in [2.75, 3.05) is 18.8 Å². The Bertz CT molecular complexity index is 555. The second-order valence-electron chi connectivity index (χ2n) is 4.42. The average molecular weight is 286 g/mol. The van der Waals surface area contributed by atoms with Crippen LogP contribution in [0.15, 0.2) is 24.3 Å². The highest BCUT2D eigenvalue weighted by Crippen LogP contribution is 2.27. The number of fused-ring (bicyclic) bond motifs is 1. The van der Waals surface area contributed by atoms with Crippen LogP contribution < -0.4 is 10.0 Å². The van der Waals surface area contributed by atoms with Gasteiger partial charge in [0.25, 0.3) is 5.91 Å². The molecule has 0 saturated carbocycles. The molecule has 0 unspecified atom stereocenters. The largest absolute Gasteiger partial charge is 0.351 e. The summed E-state index contributed by atoms with van der Waals surface area (Å²) >= 11 is 0. The number of rotatable bonds is 1. The maximum atomic E-state index is 12.0. The Balaban J connectivity index is 0.000000550. The van der Waals surface area contributed by atoms with Crippen LogP contribution in [0.1, 0.15) is 24.2 Å². The molecule has 6 nitrogen and oxygen atoms in total. The molecule has 1 amide bonds. The highest BCUT2D eigenvalue weighted by Gasteiger charge is 2.36. The zero-order valence-electron chi connectivity index (χ0n) is 11.5. The molecule has 0 bridgehead atoms. The van der Waals surface area contributed by atoms with E-state index in [1.54, 1.807) is 38.1 Å². The molecule has 0 saturated heterocycles. The van der Waals surface area contributed by atoms with Crippen LogP contribution in [0.25, 0.3) is 0 Å². The van der Waals surface area contributed by atoms with Gasteiger partial charge in [-0.05, 0) is 26.0 Å². The molecule has 2 rings (SSSR count). The first-order valence-electron chi connectivity index (χ1n) is 6.04. The number of quaternary nitrogens is 1. The van der Waals surface area contributed by atoms with Gasteiger partial charge in [0.15, 0.2) is 0 Å². The molecule has 1 heterocycles. The number of nitrogens with zero attached hydrogens (tertiary/aromatic N) is 1. The molecular weight excluding hydrogens is 266 g/mol. The van der Waals surface area contributed by atoms with E-state index in [1.807, 2.05) is 19.4 Å². The Morgan fingerprint density at radius 1 is 1.21 bits per heavy atom. The van der Waals surface area contributed by atoms with Gasteiger partial charge in [0.2, 0.25) is 0 Å². The molecule has 3 N–H and O–H groups in total. The van der Waals surface area contributed by atoms with Gasteiger partial charge in [0.1, 0.15) is 0 Å². The third kappa shape index (κ3) is 3.24. The second-order valence-corrected chi connectivity index (χ2v) is 5.97. The average Bonchev–Trinajstić information content (AvgIpc) is 2.28. The minimum atomic E-state index is -3.75. The van der Waals surface area contributed by atoms with Crippen molar-refractivity contribution in [3.63, 3.8) is 0 Å². The summed E-state index contributed by atoms with van der Waals surface area (Å²) in [4.78, 5) is 12.0. The quantitative estimate of drug-likeness (QED) is 0.763. The number of hydrogen-bond donors (Lipinski definition) is 2. The maximum absolute atomic E-state index is 12.0. The minimum absolute atomic E-state index is 0.337. The summed E-state index contributed by atoms with van der Waals surface area (Å²) in [5.74, 6) is -0.482. The van der Waals surface area contributed by atoms with Crippen LogP contribution in [0.3, 0.4) is 0 Å². The molecule has 1 aromatic rings. The molecular formula is C12H20N3O3S+. The van der Waals surface area contributed by atoms with Crippen molar-refractivity contribution in [2.45, 2.75) is 19.9 Å². The molecule has 0 radical (unpaired) electrons. The van der Waals surface area contributed by atoms with Crippen LogP contribution in [0.4, 0.5) is 5.69 Å². The van der Waals surface area contributed by atoms with Crippen LogP contribution in [0.2, 0.25) is 0 Å². The Morgan fingerprint density at radius 3 is 2.26 bits per heavy atom. The lowest BCUT2D eigenvalue weighted by molar-refractivity contribution is -0.597. The number of benzene rings is 1. The molecule has 0 fully saturated rings. The fourth-order valence-corrected chi connectivity index (χ4v) is 3.11. The van der Waals surface area contributed by atoms with Crippen LogP contribution in [-0.2, 0) is 10.2 Å². The van der Waals surface area contributed by atoms with Crippen molar-refractivity contribution >= 4 is 21.8 Å². The molecule has 0 aromatic heterocycles. The molecule has 0 spiro atoms. The first kappa shape index (κ1) is 15.5. The summed E-state index contributed by atoms with van der Waals surface area (Å²) in [5.41, 5.74) is 0.718. The predicted octanol–water partition coefficient (Wildman–Crippen LogP) is 0.0169. The summed E-state index contributed by atoms with van der Waals surface area (Å²) in [7, 11) is 0.248. The Labute approximate surface area is 114 Å². The normalized spacial score (nSPS) is 16.3. The van der Waals surface area contributed by atoms with Crippen molar-refractivity contribution < 1.29 is 18.5 Å². The second kappa shape index (κ2) is 6.03. The van der Waals surface area contributed by atoms with Gasteiger partial charge in [0, 0.05) is 6.04 Å². The van der Waals surface area contributed by atoms with Crippen LogP contribution in [0.5, 0.6) is 0 Å².